The Bertz CT molecular complexity index is 578. The summed E-state index contributed by atoms with van der Waals surface area (Å²) >= 11 is 0. The van der Waals surface area contributed by atoms with Crippen LogP contribution in [0, 0.1) is 17.0 Å². The Morgan fingerprint density at radius 3 is 2.78 bits per heavy atom. The van der Waals surface area contributed by atoms with E-state index in [0.29, 0.717) is 12.3 Å². The zero-order chi connectivity index (χ0) is 13.1. The van der Waals surface area contributed by atoms with Gasteiger partial charge in [0.25, 0.3) is 5.69 Å². The summed E-state index contributed by atoms with van der Waals surface area (Å²) < 4.78 is 6.98. The van der Waals surface area contributed by atoms with Crippen LogP contribution in [0.3, 0.4) is 0 Å². The number of imidazole rings is 1. The van der Waals surface area contributed by atoms with Crippen molar-refractivity contribution in [3.05, 3.63) is 52.1 Å². The highest BCUT2D eigenvalue weighted by Crippen LogP contribution is 2.23. The Labute approximate surface area is 104 Å². The van der Waals surface area contributed by atoms with E-state index in [4.69, 9.17) is 4.74 Å². The molecule has 0 aliphatic rings. The number of nitro benzene ring substituents is 1. The lowest BCUT2D eigenvalue weighted by molar-refractivity contribution is -0.385. The monoisotopic (exact) mass is 247 g/mol. The van der Waals surface area contributed by atoms with Crippen LogP contribution in [0.1, 0.15) is 11.4 Å². The minimum absolute atomic E-state index is 0.0297. The molecule has 0 N–H and O–H groups in total. The number of aryl methyl sites for hydroxylation is 1. The van der Waals surface area contributed by atoms with Crippen LogP contribution >= 0.6 is 0 Å². The molecule has 0 spiro atoms. The maximum absolute atomic E-state index is 10.8. The highest BCUT2D eigenvalue weighted by molar-refractivity contribution is 5.42. The van der Waals surface area contributed by atoms with Gasteiger partial charge in [-0.25, -0.2) is 4.98 Å². The van der Waals surface area contributed by atoms with Gasteiger partial charge in [0, 0.05) is 25.0 Å². The maximum Gasteiger partial charge on any atom is 0.273 e. The first-order valence-corrected chi connectivity index (χ1v) is 5.40. The number of nitro groups is 1. The molecule has 2 aromatic rings. The molecule has 18 heavy (non-hydrogen) atoms. The summed E-state index contributed by atoms with van der Waals surface area (Å²) in [6, 6.07) is 4.73. The third-order valence-corrected chi connectivity index (χ3v) is 2.67. The van der Waals surface area contributed by atoms with Crippen molar-refractivity contribution in [1.29, 1.82) is 0 Å². The molecule has 0 saturated heterocycles. The molecule has 6 heteroatoms. The molecule has 0 atom stereocenters. The fourth-order valence-corrected chi connectivity index (χ4v) is 1.73. The van der Waals surface area contributed by atoms with Crippen LogP contribution in [0.15, 0.2) is 30.6 Å². The Hall–Kier alpha value is -2.37. The van der Waals surface area contributed by atoms with E-state index in [-0.39, 0.29) is 5.69 Å². The molecule has 0 aliphatic heterocycles. The molecule has 2 rings (SSSR count). The lowest BCUT2D eigenvalue weighted by atomic mass is 10.2. The number of hydrogen-bond donors (Lipinski definition) is 0. The second-order valence-corrected chi connectivity index (χ2v) is 3.90. The lowest BCUT2D eigenvalue weighted by Crippen LogP contribution is -2.02. The van der Waals surface area contributed by atoms with Crippen molar-refractivity contribution >= 4 is 5.69 Å². The van der Waals surface area contributed by atoms with E-state index in [9.17, 15) is 10.1 Å². The fraction of sp³-hybridized carbons (Fsp3) is 0.250. The van der Waals surface area contributed by atoms with Gasteiger partial charge in [0.15, 0.2) is 0 Å². The second kappa shape index (κ2) is 4.87. The summed E-state index contributed by atoms with van der Waals surface area (Å²) in [4.78, 5) is 14.5. The van der Waals surface area contributed by atoms with E-state index in [1.54, 1.807) is 18.3 Å². The molecule has 0 amide bonds. The molecule has 0 unspecified atom stereocenters. The fourth-order valence-electron chi connectivity index (χ4n) is 1.73. The summed E-state index contributed by atoms with van der Waals surface area (Å²) in [6.45, 7) is 2.42. The van der Waals surface area contributed by atoms with E-state index in [1.807, 2.05) is 17.7 Å². The van der Waals surface area contributed by atoms with Gasteiger partial charge in [-0.15, -0.1) is 0 Å². The number of nitrogens with zero attached hydrogens (tertiary/aromatic N) is 3. The van der Waals surface area contributed by atoms with Crippen LogP contribution in [0.5, 0.6) is 5.75 Å². The van der Waals surface area contributed by atoms with Crippen molar-refractivity contribution in [3.8, 4) is 5.75 Å². The first-order chi connectivity index (χ1) is 8.60. The molecule has 6 nitrogen and oxygen atoms in total. The highest BCUT2D eigenvalue weighted by Gasteiger charge is 2.11. The third kappa shape index (κ3) is 2.48. The Balaban J connectivity index is 2.35. The first-order valence-electron chi connectivity index (χ1n) is 5.40. The second-order valence-electron chi connectivity index (χ2n) is 3.90. The van der Waals surface area contributed by atoms with Crippen molar-refractivity contribution in [3.63, 3.8) is 0 Å². The third-order valence-electron chi connectivity index (χ3n) is 2.67. The standard InChI is InChI=1S/C12H13N3O3/c1-9-13-3-4-14(9)8-10-5-11(15(16)17)7-12(6-10)18-2/h3-7H,8H2,1-2H3. The van der Waals surface area contributed by atoms with Crippen LogP contribution in [-0.2, 0) is 6.54 Å². The average molecular weight is 247 g/mol. The summed E-state index contributed by atoms with van der Waals surface area (Å²) in [5.74, 6) is 1.34. The van der Waals surface area contributed by atoms with Crippen molar-refractivity contribution in [1.82, 2.24) is 9.55 Å². The minimum atomic E-state index is -0.424. The zero-order valence-electron chi connectivity index (χ0n) is 10.2. The van der Waals surface area contributed by atoms with Crippen molar-refractivity contribution in [2.45, 2.75) is 13.5 Å². The van der Waals surface area contributed by atoms with Gasteiger partial charge < -0.3 is 9.30 Å². The molecule has 94 valence electrons. The molecule has 0 aliphatic carbocycles. The molecule has 1 aromatic heterocycles. The molecule has 0 bridgehead atoms. The Kier molecular flexibility index (Phi) is 3.27. The van der Waals surface area contributed by atoms with Crippen LogP contribution in [0.25, 0.3) is 0 Å². The van der Waals surface area contributed by atoms with E-state index >= 15 is 0 Å². The topological polar surface area (TPSA) is 70.2 Å². The molecule has 1 aromatic carbocycles. The Morgan fingerprint density at radius 1 is 1.44 bits per heavy atom. The molecular formula is C12H13N3O3. The summed E-state index contributed by atoms with van der Waals surface area (Å²) in [5, 5.41) is 10.8. The maximum atomic E-state index is 10.8. The van der Waals surface area contributed by atoms with Crippen LogP contribution in [0.2, 0.25) is 0 Å². The highest BCUT2D eigenvalue weighted by atomic mass is 16.6. The molecule has 0 radical (unpaired) electrons. The van der Waals surface area contributed by atoms with Gasteiger partial charge in [-0.2, -0.15) is 0 Å². The van der Waals surface area contributed by atoms with Gasteiger partial charge >= 0.3 is 0 Å². The predicted molar refractivity (Wildman–Crippen MR) is 65.7 cm³/mol. The van der Waals surface area contributed by atoms with E-state index in [2.05, 4.69) is 4.98 Å². The number of rotatable bonds is 4. The first kappa shape index (κ1) is 12.1. The number of non-ortho nitro benzene ring substituents is 1. The number of hydrogen-bond acceptors (Lipinski definition) is 4. The lowest BCUT2D eigenvalue weighted by Gasteiger charge is -2.07. The summed E-state index contributed by atoms with van der Waals surface area (Å²) in [5.41, 5.74) is 0.837. The van der Waals surface area contributed by atoms with Crippen molar-refractivity contribution < 1.29 is 9.66 Å². The minimum Gasteiger partial charge on any atom is -0.496 e. The number of benzene rings is 1. The van der Waals surface area contributed by atoms with E-state index in [1.165, 1.54) is 13.2 Å². The predicted octanol–water partition coefficient (Wildman–Crippen LogP) is 2.16. The number of ether oxygens (including phenoxy) is 1. The molecular weight excluding hydrogens is 234 g/mol. The largest absolute Gasteiger partial charge is 0.496 e. The summed E-state index contributed by atoms with van der Waals surface area (Å²) in [7, 11) is 1.49. The van der Waals surface area contributed by atoms with Crippen LogP contribution in [0.4, 0.5) is 5.69 Å². The zero-order valence-corrected chi connectivity index (χ0v) is 10.2. The van der Waals surface area contributed by atoms with Crippen LogP contribution < -0.4 is 4.74 Å². The van der Waals surface area contributed by atoms with Gasteiger partial charge in [-0.05, 0) is 18.6 Å². The van der Waals surface area contributed by atoms with Gasteiger partial charge in [-0.3, -0.25) is 10.1 Å². The van der Waals surface area contributed by atoms with Gasteiger partial charge in [0.1, 0.15) is 11.6 Å². The van der Waals surface area contributed by atoms with Crippen LogP contribution in [-0.4, -0.2) is 21.6 Å². The Morgan fingerprint density at radius 2 is 2.22 bits per heavy atom. The van der Waals surface area contributed by atoms with E-state index in [0.717, 1.165) is 11.4 Å². The van der Waals surface area contributed by atoms with Crippen molar-refractivity contribution in [2.75, 3.05) is 7.11 Å². The van der Waals surface area contributed by atoms with Gasteiger partial charge in [0.2, 0.25) is 0 Å². The quantitative estimate of drug-likeness (QED) is 0.613. The SMILES string of the molecule is COc1cc(Cn2ccnc2C)cc([N+](=O)[O-])c1. The smallest absolute Gasteiger partial charge is 0.273 e. The molecule has 1 heterocycles. The van der Waals surface area contributed by atoms with Gasteiger partial charge in [0.05, 0.1) is 18.1 Å². The number of aromatic nitrogens is 2. The number of methoxy groups -OCH3 is 1. The van der Waals surface area contributed by atoms with Crippen molar-refractivity contribution in [2.24, 2.45) is 0 Å². The molecule has 0 saturated carbocycles. The molecule has 0 fully saturated rings. The van der Waals surface area contributed by atoms with Gasteiger partial charge in [-0.1, -0.05) is 0 Å². The average Bonchev–Trinajstić information content (AvgIpc) is 2.74. The normalized spacial score (nSPS) is 10.3. The summed E-state index contributed by atoms with van der Waals surface area (Å²) in [6.07, 6.45) is 3.53. The van der Waals surface area contributed by atoms with E-state index < -0.39 is 4.92 Å².